The quantitative estimate of drug-likeness (QED) is 0.258. The zero-order chi connectivity index (χ0) is 20.8. The van der Waals surface area contributed by atoms with Crippen LogP contribution in [0.4, 0.5) is 0 Å². The van der Waals surface area contributed by atoms with E-state index in [1.165, 1.54) is 12.8 Å². The van der Waals surface area contributed by atoms with Gasteiger partial charge in [0.05, 0.1) is 23.4 Å². The van der Waals surface area contributed by atoms with Crippen LogP contribution in [0.25, 0.3) is 0 Å². The molecule has 1 atom stereocenters. The van der Waals surface area contributed by atoms with Crippen LogP contribution in [0, 0.1) is 0 Å². The van der Waals surface area contributed by atoms with E-state index in [9.17, 15) is 4.79 Å². The van der Waals surface area contributed by atoms with Gasteiger partial charge in [-0.25, -0.2) is 4.79 Å². The van der Waals surface area contributed by atoms with Crippen molar-refractivity contribution in [2.24, 2.45) is 0 Å². The van der Waals surface area contributed by atoms with Crippen molar-refractivity contribution >= 4 is 24.7 Å². The summed E-state index contributed by atoms with van der Waals surface area (Å²) < 4.78 is 18.0. The summed E-state index contributed by atoms with van der Waals surface area (Å²) in [7, 11) is -0.200. The molecular weight excluding hydrogens is 375 g/mol. The van der Waals surface area contributed by atoms with Crippen LogP contribution in [-0.4, -0.2) is 30.9 Å². The Kier molecular flexibility index (Phi) is 8.41. The van der Waals surface area contributed by atoms with Crippen molar-refractivity contribution in [1.82, 2.24) is 0 Å². The summed E-state index contributed by atoms with van der Waals surface area (Å²) in [5.74, 6) is -0.00309. The van der Waals surface area contributed by atoms with Crippen molar-refractivity contribution < 1.29 is 18.8 Å². The Balaban J connectivity index is 1.85. The molecule has 1 aromatic rings. The minimum absolute atomic E-state index is 0.200. The summed E-state index contributed by atoms with van der Waals surface area (Å²) in [6, 6.07) is 6.76. The molecule has 0 spiro atoms. The van der Waals surface area contributed by atoms with E-state index in [1.54, 1.807) is 24.3 Å². The summed E-state index contributed by atoms with van der Waals surface area (Å²) in [5, 5.41) is 0.605. The topological polar surface area (TPSA) is 44.8 Å². The molecule has 1 fully saturated rings. The lowest BCUT2D eigenvalue weighted by Gasteiger charge is -2.32. The van der Waals surface area contributed by atoms with E-state index in [0.29, 0.717) is 23.0 Å². The van der Waals surface area contributed by atoms with E-state index in [2.05, 4.69) is 34.6 Å². The predicted molar refractivity (Wildman–Crippen MR) is 115 cm³/mol. The predicted octanol–water partition coefficient (Wildman–Crippen LogP) is 6.32. The van der Waals surface area contributed by atoms with E-state index in [4.69, 9.17) is 25.6 Å². The van der Waals surface area contributed by atoms with Gasteiger partial charge in [0, 0.05) is 5.02 Å². The Bertz CT molecular complexity index is 614. The lowest BCUT2D eigenvalue weighted by atomic mass is 9.67. The monoisotopic (exact) mass is 408 g/mol. The fourth-order valence-electron chi connectivity index (χ4n) is 3.33. The molecule has 0 amide bonds. The van der Waals surface area contributed by atoms with Crippen molar-refractivity contribution in [3.8, 4) is 0 Å². The second-order valence-corrected chi connectivity index (χ2v) is 9.10. The third-order valence-electron chi connectivity index (χ3n) is 5.87. The van der Waals surface area contributed by atoms with Crippen LogP contribution in [-0.2, 0) is 14.0 Å². The van der Waals surface area contributed by atoms with E-state index in [0.717, 1.165) is 25.7 Å². The van der Waals surface area contributed by atoms with Gasteiger partial charge in [-0.3, -0.25) is 0 Å². The van der Waals surface area contributed by atoms with Gasteiger partial charge in [-0.2, -0.15) is 0 Å². The number of hydrogen-bond donors (Lipinski definition) is 0. The Morgan fingerprint density at radius 3 is 2.18 bits per heavy atom. The maximum atomic E-state index is 12.1. The zero-order valence-corrected chi connectivity index (χ0v) is 18.7. The second-order valence-electron chi connectivity index (χ2n) is 8.67. The first kappa shape index (κ1) is 23.2. The Labute approximate surface area is 175 Å². The van der Waals surface area contributed by atoms with Crippen molar-refractivity contribution in [2.45, 2.75) is 90.2 Å². The van der Waals surface area contributed by atoms with Gasteiger partial charge in [-0.05, 0) is 70.6 Å². The van der Waals surface area contributed by atoms with Gasteiger partial charge in [-0.15, -0.1) is 0 Å². The van der Waals surface area contributed by atoms with Crippen molar-refractivity contribution in [1.29, 1.82) is 0 Å². The molecular formula is C22H34BClO4. The number of esters is 1. The third kappa shape index (κ3) is 6.23. The van der Waals surface area contributed by atoms with Crippen molar-refractivity contribution in [3.05, 3.63) is 34.9 Å². The highest BCUT2D eigenvalue weighted by atomic mass is 35.5. The normalized spacial score (nSPS) is 18.9. The first-order valence-corrected chi connectivity index (χ1v) is 10.8. The van der Waals surface area contributed by atoms with E-state index in [-0.39, 0.29) is 24.3 Å². The van der Waals surface area contributed by atoms with E-state index in [1.807, 2.05) is 0 Å². The van der Waals surface area contributed by atoms with Gasteiger partial charge >= 0.3 is 13.1 Å². The van der Waals surface area contributed by atoms with Crippen LogP contribution in [0.5, 0.6) is 0 Å². The summed E-state index contributed by atoms with van der Waals surface area (Å²) in [5.41, 5.74) is -0.112. The van der Waals surface area contributed by atoms with Crippen molar-refractivity contribution in [3.63, 3.8) is 0 Å². The summed E-state index contributed by atoms with van der Waals surface area (Å²) in [4.78, 5) is 12.1. The Morgan fingerprint density at radius 2 is 1.61 bits per heavy atom. The molecule has 0 unspecified atom stereocenters. The van der Waals surface area contributed by atoms with E-state index >= 15 is 0 Å². The number of ether oxygens (including phenoxy) is 1. The maximum absolute atomic E-state index is 12.1. The second kappa shape index (κ2) is 10.1. The molecule has 4 nitrogen and oxygen atoms in total. The lowest BCUT2D eigenvalue weighted by molar-refractivity contribution is 0.00578. The van der Waals surface area contributed by atoms with Crippen molar-refractivity contribution in [2.75, 3.05) is 6.61 Å². The van der Waals surface area contributed by atoms with Crippen LogP contribution in [0.3, 0.4) is 0 Å². The minimum Gasteiger partial charge on any atom is -0.462 e. The molecule has 1 heterocycles. The number of benzene rings is 1. The van der Waals surface area contributed by atoms with Gasteiger partial charge in [0.15, 0.2) is 0 Å². The molecule has 1 aromatic carbocycles. The van der Waals surface area contributed by atoms with Gasteiger partial charge in [-0.1, -0.05) is 44.2 Å². The molecule has 0 radical (unpaired) electrons. The summed E-state index contributed by atoms with van der Waals surface area (Å²) in [6.45, 7) is 11.0. The van der Waals surface area contributed by atoms with Gasteiger partial charge in [0.25, 0.3) is 0 Å². The molecule has 0 aliphatic carbocycles. The number of carbonyl (C=O) groups is 1. The Hall–Kier alpha value is -1.04. The zero-order valence-electron chi connectivity index (χ0n) is 17.9. The number of hydrogen-bond acceptors (Lipinski definition) is 4. The van der Waals surface area contributed by atoms with Gasteiger partial charge in [0.2, 0.25) is 0 Å². The first-order valence-electron chi connectivity index (χ1n) is 10.4. The molecule has 1 saturated heterocycles. The van der Waals surface area contributed by atoms with E-state index < -0.39 is 0 Å². The average Bonchev–Trinajstić information content (AvgIpc) is 2.85. The molecule has 6 heteroatoms. The van der Waals surface area contributed by atoms with Crippen LogP contribution >= 0.6 is 11.6 Å². The maximum Gasteiger partial charge on any atom is 0.461 e. The molecule has 0 N–H and O–H groups in total. The van der Waals surface area contributed by atoms with Crippen LogP contribution in [0.15, 0.2) is 24.3 Å². The number of rotatable bonds is 10. The third-order valence-corrected chi connectivity index (χ3v) is 6.12. The smallest absolute Gasteiger partial charge is 0.461 e. The molecule has 28 heavy (non-hydrogen) atoms. The van der Waals surface area contributed by atoms with Crippen LogP contribution in [0.1, 0.15) is 83.5 Å². The highest BCUT2D eigenvalue weighted by Crippen LogP contribution is 2.42. The number of halogens is 1. The standard InChI is InChI=1S/C22H34BClO4/c1-6-7-8-10-18(23-27-21(2,3)22(4,5)28-23)11-9-16-26-20(25)17-12-14-19(24)15-13-17/h12-15,18H,6-11,16H2,1-5H3/t18-/m0/s1. The molecule has 0 bridgehead atoms. The SMILES string of the molecule is CCCCC[C@@H](CCCOC(=O)c1ccc(Cl)cc1)B1OC(C)(C)C(C)(C)O1. The number of unbranched alkanes of at least 4 members (excludes halogenated alkanes) is 2. The van der Waals surface area contributed by atoms with Crippen LogP contribution < -0.4 is 0 Å². The van der Waals surface area contributed by atoms with Gasteiger partial charge < -0.3 is 14.0 Å². The Morgan fingerprint density at radius 1 is 1.04 bits per heavy atom. The molecule has 0 aromatic heterocycles. The highest BCUT2D eigenvalue weighted by molar-refractivity contribution is 6.47. The fraction of sp³-hybridized carbons (Fsp3) is 0.682. The largest absolute Gasteiger partial charge is 0.462 e. The highest BCUT2D eigenvalue weighted by Gasteiger charge is 2.53. The average molecular weight is 409 g/mol. The number of carbonyl (C=O) groups excluding carboxylic acids is 1. The summed E-state index contributed by atoms with van der Waals surface area (Å²) in [6.07, 6.45) is 6.33. The van der Waals surface area contributed by atoms with Crippen LogP contribution in [0.2, 0.25) is 10.8 Å². The lowest BCUT2D eigenvalue weighted by Crippen LogP contribution is -2.41. The molecule has 156 valence electrons. The molecule has 1 aliphatic heterocycles. The first-order chi connectivity index (χ1) is 13.2. The molecule has 2 rings (SSSR count). The molecule has 0 saturated carbocycles. The summed E-state index contributed by atoms with van der Waals surface area (Å²) >= 11 is 5.86. The molecule has 1 aliphatic rings. The van der Waals surface area contributed by atoms with Gasteiger partial charge in [0.1, 0.15) is 0 Å². The fourth-order valence-corrected chi connectivity index (χ4v) is 3.46. The minimum atomic E-state index is -0.318.